The molecule has 0 amide bonds. The maximum Gasteiger partial charge on any atom is 0.341 e. The smallest absolute Gasteiger partial charge is 0.341 e. The fourth-order valence-corrected chi connectivity index (χ4v) is 3.37. The molecule has 1 unspecified atom stereocenters. The van der Waals surface area contributed by atoms with Gasteiger partial charge in [0, 0.05) is 12.6 Å². The number of carboxylic acids is 1. The average molecular weight is 420 g/mol. The van der Waals surface area contributed by atoms with Gasteiger partial charge >= 0.3 is 5.97 Å². The first-order chi connectivity index (χ1) is 13.7. The predicted octanol–water partition coefficient (Wildman–Crippen LogP) is 3.06. The van der Waals surface area contributed by atoms with Gasteiger partial charge in [-0.25, -0.2) is 9.18 Å². The van der Waals surface area contributed by atoms with Crippen molar-refractivity contribution in [1.82, 2.24) is 14.8 Å². The van der Waals surface area contributed by atoms with E-state index in [1.165, 1.54) is 22.9 Å². The molecule has 1 aromatic carbocycles. The van der Waals surface area contributed by atoms with Crippen LogP contribution in [0.15, 0.2) is 35.3 Å². The monoisotopic (exact) mass is 419 g/mol. The highest BCUT2D eigenvalue weighted by atomic mass is 35.5. The molecule has 0 fully saturated rings. The van der Waals surface area contributed by atoms with Gasteiger partial charge in [0.05, 0.1) is 28.8 Å². The van der Waals surface area contributed by atoms with Crippen LogP contribution in [-0.4, -0.2) is 37.6 Å². The Kier molecular flexibility index (Phi) is 5.95. The SMILES string of the molecule is CC(C)C(CO)n1cc(C(=O)O)c(=O)c2cc(Cc3cccc(Cl)c3F)nnc21. The molecule has 0 aliphatic heterocycles. The zero-order chi connectivity index (χ0) is 21.3. The maximum atomic E-state index is 14.2. The average Bonchev–Trinajstić information content (AvgIpc) is 2.67. The summed E-state index contributed by atoms with van der Waals surface area (Å²) in [5, 5.41) is 27.4. The molecule has 2 heterocycles. The molecule has 1 atom stereocenters. The fourth-order valence-electron chi connectivity index (χ4n) is 3.18. The molecule has 9 heteroatoms. The number of halogens is 2. The predicted molar refractivity (Wildman–Crippen MR) is 106 cm³/mol. The zero-order valence-electron chi connectivity index (χ0n) is 15.8. The van der Waals surface area contributed by atoms with E-state index < -0.39 is 28.8 Å². The number of hydrogen-bond donors (Lipinski definition) is 2. The number of carbonyl (C=O) groups is 1. The van der Waals surface area contributed by atoms with Gasteiger partial charge in [-0.15, -0.1) is 5.10 Å². The Hall–Kier alpha value is -2.84. The van der Waals surface area contributed by atoms with Gasteiger partial charge in [-0.3, -0.25) is 4.79 Å². The van der Waals surface area contributed by atoms with Crippen molar-refractivity contribution >= 4 is 28.6 Å². The number of benzene rings is 1. The molecule has 0 aliphatic carbocycles. The first-order valence-corrected chi connectivity index (χ1v) is 9.30. The normalized spacial score (nSPS) is 12.5. The van der Waals surface area contributed by atoms with Crippen LogP contribution >= 0.6 is 11.6 Å². The van der Waals surface area contributed by atoms with Crippen LogP contribution in [0.1, 0.15) is 41.5 Å². The molecule has 0 radical (unpaired) electrons. The number of aromatic nitrogens is 3. The minimum absolute atomic E-state index is 0.0275. The lowest BCUT2D eigenvalue weighted by molar-refractivity contribution is 0.0694. The zero-order valence-corrected chi connectivity index (χ0v) is 16.5. The van der Waals surface area contributed by atoms with E-state index in [9.17, 15) is 24.2 Å². The second-order valence-electron chi connectivity index (χ2n) is 7.04. The van der Waals surface area contributed by atoms with Crippen molar-refractivity contribution in [2.24, 2.45) is 5.92 Å². The lowest BCUT2D eigenvalue weighted by Gasteiger charge is -2.23. The number of nitrogens with zero attached hydrogens (tertiary/aromatic N) is 3. The van der Waals surface area contributed by atoms with Gasteiger partial charge in [0.15, 0.2) is 5.65 Å². The van der Waals surface area contributed by atoms with E-state index in [4.69, 9.17) is 11.6 Å². The summed E-state index contributed by atoms with van der Waals surface area (Å²) in [6.07, 6.45) is 1.21. The van der Waals surface area contributed by atoms with Crippen LogP contribution in [-0.2, 0) is 6.42 Å². The number of aliphatic hydroxyl groups excluding tert-OH is 1. The number of rotatable bonds is 6. The van der Waals surface area contributed by atoms with Crippen molar-refractivity contribution in [3.63, 3.8) is 0 Å². The van der Waals surface area contributed by atoms with Crippen molar-refractivity contribution in [3.8, 4) is 0 Å². The van der Waals surface area contributed by atoms with Crippen molar-refractivity contribution in [2.75, 3.05) is 6.61 Å². The fraction of sp³-hybridized carbons (Fsp3) is 0.300. The Morgan fingerprint density at radius 2 is 2.03 bits per heavy atom. The minimum Gasteiger partial charge on any atom is -0.477 e. The Labute approximate surface area is 170 Å². The van der Waals surface area contributed by atoms with E-state index >= 15 is 0 Å². The minimum atomic E-state index is -1.38. The lowest BCUT2D eigenvalue weighted by atomic mass is 10.0. The van der Waals surface area contributed by atoms with Crippen molar-refractivity contribution < 1.29 is 19.4 Å². The number of carboxylic acid groups (broad SMARTS) is 1. The second kappa shape index (κ2) is 8.26. The second-order valence-corrected chi connectivity index (χ2v) is 7.45. The third-order valence-corrected chi connectivity index (χ3v) is 5.07. The molecule has 29 heavy (non-hydrogen) atoms. The van der Waals surface area contributed by atoms with Crippen LogP contribution in [0.2, 0.25) is 5.02 Å². The summed E-state index contributed by atoms with van der Waals surface area (Å²) in [4.78, 5) is 24.3. The van der Waals surface area contributed by atoms with Gasteiger partial charge in [0.25, 0.3) is 0 Å². The summed E-state index contributed by atoms with van der Waals surface area (Å²) in [6, 6.07) is 5.47. The Balaban J connectivity index is 2.21. The number of aliphatic hydroxyl groups is 1. The summed E-state index contributed by atoms with van der Waals surface area (Å²) in [6.45, 7) is 3.44. The topological polar surface area (TPSA) is 105 Å². The van der Waals surface area contributed by atoms with Gasteiger partial charge in [-0.2, -0.15) is 5.10 Å². The number of fused-ring (bicyclic) bond motifs is 1. The number of aromatic carboxylic acids is 1. The highest BCUT2D eigenvalue weighted by Crippen LogP contribution is 2.23. The summed E-state index contributed by atoms with van der Waals surface area (Å²) in [5.74, 6) is -2.03. The molecule has 0 saturated heterocycles. The van der Waals surface area contributed by atoms with Gasteiger partial charge in [0.1, 0.15) is 11.4 Å². The third-order valence-electron chi connectivity index (χ3n) is 4.77. The Bertz CT molecular complexity index is 1150. The summed E-state index contributed by atoms with van der Waals surface area (Å²) in [7, 11) is 0. The maximum absolute atomic E-state index is 14.2. The first kappa shape index (κ1) is 20.9. The van der Waals surface area contributed by atoms with Crippen molar-refractivity contribution in [3.05, 3.63) is 68.3 Å². The quantitative estimate of drug-likeness (QED) is 0.636. The van der Waals surface area contributed by atoms with E-state index in [0.717, 1.165) is 0 Å². The lowest BCUT2D eigenvalue weighted by Crippen LogP contribution is -2.26. The molecule has 152 valence electrons. The van der Waals surface area contributed by atoms with E-state index in [1.54, 1.807) is 12.1 Å². The molecule has 7 nitrogen and oxygen atoms in total. The molecule has 2 aromatic heterocycles. The van der Waals surface area contributed by atoms with Crippen LogP contribution in [0, 0.1) is 11.7 Å². The molecular formula is C20H19ClFN3O4. The van der Waals surface area contributed by atoms with E-state index in [1.807, 2.05) is 13.8 Å². The largest absolute Gasteiger partial charge is 0.477 e. The molecule has 0 saturated carbocycles. The third kappa shape index (κ3) is 3.99. The van der Waals surface area contributed by atoms with E-state index in [2.05, 4.69) is 10.2 Å². The van der Waals surface area contributed by atoms with Crippen LogP contribution in [0.25, 0.3) is 11.0 Å². The Morgan fingerprint density at radius 3 is 2.66 bits per heavy atom. The van der Waals surface area contributed by atoms with Crippen LogP contribution < -0.4 is 5.43 Å². The van der Waals surface area contributed by atoms with Gasteiger partial charge in [-0.1, -0.05) is 37.6 Å². The molecule has 3 aromatic rings. The van der Waals surface area contributed by atoms with Gasteiger partial charge in [0.2, 0.25) is 5.43 Å². The molecule has 0 spiro atoms. The standard InChI is InChI=1S/C20H19ClFN3O4/c1-10(2)16(9-26)25-8-14(20(28)29)18(27)13-7-12(23-24-19(13)25)6-11-4-3-5-15(21)17(11)22/h3-5,7-8,10,16,26H,6,9H2,1-2H3,(H,28,29). The van der Waals surface area contributed by atoms with Gasteiger partial charge in [-0.05, 0) is 23.6 Å². The molecule has 3 rings (SSSR count). The van der Waals surface area contributed by atoms with Crippen LogP contribution in [0.5, 0.6) is 0 Å². The van der Waals surface area contributed by atoms with Crippen molar-refractivity contribution in [1.29, 1.82) is 0 Å². The van der Waals surface area contributed by atoms with Gasteiger partial charge < -0.3 is 14.8 Å². The molecular weight excluding hydrogens is 401 g/mol. The Morgan fingerprint density at radius 1 is 1.31 bits per heavy atom. The summed E-state index contributed by atoms with van der Waals surface area (Å²) in [5.41, 5.74) is -0.439. The highest BCUT2D eigenvalue weighted by Gasteiger charge is 2.22. The summed E-state index contributed by atoms with van der Waals surface area (Å²) < 4.78 is 15.7. The van der Waals surface area contributed by atoms with Crippen LogP contribution in [0.3, 0.4) is 0 Å². The highest BCUT2D eigenvalue weighted by molar-refractivity contribution is 6.30. The van der Waals surface area contributed by atoms with Crippen LogP contribution in [0.4, 0.5) is 4.39 Å². The van der Waals surface area contributed by atoms with E-state index in [0.29, 0.717) is 0 Å². The molecule has 2 N–H and O–H groups in total. The first-order valence-electron chi connectivity index (χ1n) is 8.93. The van der Waals surface area contributed by atoms with Crippen molar-refractivity contribution in [2.45, 2.75) is 26.3 Å². The molecule has 0 bridgehead atoms. The molecule has 0 aliphatic rings. The van der Waals surface area contributed by atoms with E-state index in [-0.39, 0.29) is 46.3 Å². The number of pyridine rings is 1. The summed E-state index contributed by atoms with van der Waals surface area (Å²) >= 11 is 5.80. The number of hydrogen-bond acceptors (Lipinski definition) is 5.